The van der Waals surface area contributed by atoms with Crippen LogP contribution in [0.2, 0.25) is 0 Å². The lowest BCUT2D eigenvalue weighted by Crippen LogP contribution is -1.94. The van der Waals surface area contributed by atoms with Crippen molar-refractivity contribution in [2.75, 3.05) is 0 Å². The summed E-state index contributed by atoms with van der Waals surface area (Å²) < 4.78 is 5.56. The Bertz CT molecular complexity index is 378. The van der Waals surface area contributed by atoms with E-state index in [1.165, 1.54) is 38.2 Å². The fraction of sp³-hybridized carbons (Fsp3) is 0.647. The molecule has 104 valence electrons. The van der Waals surface area contributed by atoms with E-state index in [4.69, 9.17) is 9.84 Å². The SMILES string of the molecule is C=C[C@H](O)C#CC#CC[C@@H]1O[C@@H]1CCCCCCC. The normalized spacial score (nSPS) is 21.6. The van der Waals surface area contributed by atoms with E-state index in [2.05, 4.69) is 37.2 Å². The van der Waals surface area contributed by atoms with Crippen molar-refractivity contribution in [2.24, 2.45) is 0 Å². The first-order valence-corrected chi connectivity index (χ1v) is 7.22. The molecule has 0 aliphatic carbocycles. The number of hydrogen-bond acceptors (Lipinski definition) is 2. The van der Waals surface area contributed by atoms with Gasteiger partial charge in [-0.1, -0.05) is 63.5 Å². The van der Waals surface area contributed by atoms with Crippen LogP contribution in [0.15, 0.2) is 12.7 Å². The van der Waals surface area contributed by atoms with E-state index in [1.807, 2.05) is 0 Å². The largest absolute Gasteiger partial charge is 0.377 e. The smallest absolute Gasteiger partial charge is 0.134 e. The van der Waals surface area contributed by atoms with E-state index in [9.17, 15) is 0 Å². The molecule has 0 aromatic carbocycles. The summed E-state index contributed by atoms with van der Waals surface area (Å²) in [5.74, 6) is 10.9. The van der Waals surface area contributed by atoms with E-state index in [0.29, 0.717) is 12.2 Å². The number of aliphatic hydroxyl groups is 1. The van der Waals surface area contributed by atoms with Gasteiger partial charge in [-0.3, -0.25) is 0 Å². The molecule has 0 unspecified atom stereocenters. The number of rotatable bonds is 8. The van der Waals surface area contributed by atoms with Crippen LogP contribution in [0.4, 0.5) is 0 Å². The zero-order chi connectivity index (χ0) is 13.9. The van der Waals surface area contributed by atoms with Crippen LogP contribution in [-0.4, -0.2) is 23.4 Å². The highest BCUT2D eigenvalue weighted by Crippen LogP contribution is 2.29. The average Bonchev–Trinajstić information content (AvgIpc) is 3.16. The van der Waals surface area contributed by atoms with Gasteiger partial charge in [0.1, 0.15) is 6.10 Å². The summed E-state index contributed by atoms with van der Waals surface area (Å²) in [5, 5.41) is 9.10. The summed E-state index contributed by atoms with van der Waals surface area (Å²) in [4.78, 5) is 0. The van der Waals surface area contributed by atoms with Crippen molar-refractivity contribution in [3.8, 4) is 23.7 Å². The molecule has 2 nitrogen and oxygen atoms in total. The Morgan fingerprint density at radius 2 is 2.00 bits per heavy atom. The highest BCUT2D eigenvalue weighted by Gasteiger charge is 2.36. The average molecular weight is 260 g/mol. The second kappa shape index (κ2) is 9.68. The van der Waals surface area contributed by atoms with Crippen LogP contribution >= 0.6 is 0 Å². The standard InChI is InChI=1S/C17H24O2/c1-3-5-6-7-10-13-16-17(19-16)14-11-8-9-12-15(18)4-2/h4,15-18H,2-3,5-7,10,13-14H2,1H3/t15-,16+,17-/m0/s1. The molecule has 0 amide bonds. The molecule has 1 fully saturated rings. The van der Waals surface area contributed by atoms with Crippen molar-refractivity contribution in [3.63, 3.8) is 0 Å². The number of hydrogen-bond donors (Lipinski definition) is 1. The fourth-order valence-corrected chi connectivity index (χ4v) is 1.93. The quantitative estimate of drug-likeness (QED) is 0.315. The third kappa shape index (κ3) is 7.73. The molecule has 0 radical (unpaired) electrons. The summed E-state index contributed by atoms with van der Waals surface area (Å²) in [5.41, 5.74) is 0. The number of epoxide rings is 1. The molecule has 19 heavy (non-hydrogen) atoms. The maximum Gasteiger partial charge on any atom is 0.134 e. The van der Waals surface area contributed by atoms with E-state index in [-0.39, 0.29) is 0 Å². The van der Waals surface area contributed by atoms with Gasteiger partial charge < -0.3 is 9.84 Å². The molecular formula is C17H24O2. The van der Waals surface area contributed by atoms with Gasteiger partial charge in [-0.15, -0.1) is 0 Å². The number of aliphatic hydroxyl groups excluding tert-OH is 1. The Morgan fingerprint density at radius 3 is 2.74 bits per heavy atom. The molecule has 1 rings (SSSR count). The molecule has 1 N–H and O–H groups in total. The van der Waals surface area contributed by atoms with Crippen LogP contribution < -0.4 is 0 Å². The maximum atomic E-state index is 9.10. The van der Waals surface area contributed by atoms with Crippen LogP contribution in [0.3, 0.4) is 0 Å². The Hall–Kier alpha value is -1.22. The summed E-state index contributed by atoms with van der Waals surface area (Å²) in [7, 11) is 0. The first-order chi connectivity index (χ1) is 9.27. The lowest BCUT2D eigenvalue weighted by atomic mass is 10.1. The van der Waals surface area contributed by atoms with Gasteiger partial charge in [0, 0.05) is 6.42 Å². The zero-order valence-electron chi connectivity index (χ0n) is 11.8. The van der Waals surface area contributed by atoms with Gasteiger partial charge in [0.15, 0.2) is 0 Å². The van der Waals surface area contributed by atoms with Gasteiger partial charge in [-0.2, -0.15) is 0 Å². The van der Waals surface area contributed by atoms with Gasteiger partial charge in [-0.25, -0.2) is 0 Å². The minimum Gasteiger partial charge on any atom is -0.377 e. The van der Waals surface area contributed by atoms with Gasteiger partial charge in [0.25, 0.3) is 0 Å². The predicted molar refractivity (Wildman–Crippen MR) is 78.4 cm³/mol. The highest BCUT2D eigenvalue weighted by molar-refractivity contribution is 5.29. The molecule has 1 heterocycles. The van der Waals surface area contributed by atoms with Crippen molar-refractivity contribution in [1.29, 1.82) is 0 Å². The number of ether oxygens (including phenoxy) is 1. The molecular weight excluding hydrogens is 236 g/mol. The summed E-state index contributed by atoms with van der Waals surface area (Å²) in [6.07, 6.45) is 9.80. The van der Waals surface area contributed by atoms with Crippen LogP contribution in [0.5, 0.6) is 0 Å². The lowest BCUT2D eigenvalue weighted by Gasteiger charge is -1.96. The Kier molecular flexibility index (Phi) is 8.07. The minimum absolute atomic E-state index is 0.310. The molecule has 2 heteroatoms. The number of unbranched alkanes of at least 4 members (excludes halogenated alkanes) is 4. The van der Waals surface area contributed by atoms with Crippen molar-refractivity contribution < 1.29 is 9.84 Å². The molecule has 0 spiro atoms. The van der Waals surface area contributed by atoms with Crippen molar-refractivity contribution in [3.05, 3.63) is 12.7 Å². The third-order valence-electron chi connectivity index (χ3n) is 3.18. The Labute approximate surface area is 117 Å². The molecule has 0 aromatic heterocycles. The fourth-order valence-electron chi connectivity index (χ4n) is 1.93. The van der Waals surface area contributed by atoms with E-state index < -0.39 is 6.10 Å². The molecule has 1 aliphatic rings. The van der Waals surface area contributed by atoms with E-state index in [0.717, 1.165) is 12.8 Å². The summed E-state index contributed by atoms with van der Waals surface area (Å²) in [6, 6.07) is 0. The second-order valence-electron chi connectivity index (χ2n) is 4.87. The Balaban J connectivity index is 2.03. The molecule has 1 saturated heterocycles. The minimum atomic E-state index is -0.776. The molecule has 0 saturated carbocycles. The lowest BCUT2D eigenvalue weighted by molar-refractivity contribution is 0.281. The first kappa shape index (κ1) is 15.8. The van der Waals surface area contributed by atoms with Crippen LogP contribution in [0.1, 0.15) is 51.9 Å². The highest BCUT2D eigenvalue weighted by atomic mass is 16.6. The third-order valence-corrected chi connectivity index (χ3v) is 3.18. The van der Waals surface area contributed by atoms with Crippen LogP contribution in [-0.2, 0) is 4.74 Å². The Morgan fingerprint density at radius 1 is 1.21 bits per heavy atom. The maximum absolute atomic E-state index is 9.10. The van der Waals surface area contributed by atoms with Crippen molar-refractivity contribution in [2.45, 2.75) is 70.2 Å². The summed E-state index contributed by atoms with van der Waals surface area (Å²) in [6.45, 7) is 5.67. The van der Waals surface area contributed by atoms with Crippen molar-refractivity contribution in [1.82, 2.24) is 0 Å². The molecule has 0 aromatic rings. The van der Waals surface area contributed by atoms with Crippen molar-refractivity contribution >= 4 is 0 Å². The van der Waals surface area contributed by atoms with E-state index in [1.54, 1.807) is 0 Å². The monoisotopic (exact) mass is 260 g/mol. The molecule has 1 aliphatic heterocycles. The van der Waals surface area contributed by atoms with Crippen LogP contribution in [0.25, 0.3) is 0 Å². The van der Waals surface area contributed by atoms with Crippen LogP contribution in [0, 0.1) is 23.7 Å². The van der Waals surface area contributed by atoms with E-state index >= 15 is 0 Å². The van der Waals surface area contributed by atoms with Gasteiger partial charge in [0.2, 0.25) is 0 Å². The summed E-state index contributed by atoms with van der Waals surface area (Å²) >= 11 is 0. The molecule has 0 bridgehead atoms. The first-order valence-electron chi connectivity index (χ1n) is 7.22. The second-order valence-corrected chi connectivity index (χ2v) is 4.87. The topological polar surface area (TPSA) is 32.8 Å². The van der Waals surface area contributed by atoms with Gasteiger partial charge >= 0.3 is 0 Å². The van der Waals surface area contributed by atoms with Gasteiger partial charge in [-0.05, 0) is 18.3 Å². The molecule has 3 atom stereocenters. The zero-order valence-corrected chi connectivity index (χ0v) is 11.8. The predicted octanol–water partition coefficient (Wildman–Crippen LogP) is 3.06. The van der Waals surface area contributed by atoms with Gasteiger partial charge in [0.05, 0.1) is 12.2 Å².